The molecule has 206 valence electrons. The predicted molar refractivity (Wildman–Crippen MR) is 140 cm³/mol. The second-order valence-corrected chi connectivity index (χ2v) is 10.1. The summed E-state index contributed by atoms with van der Waals surface area (Å²) in [6.45, 7) is 7.96. The Bertz CT molecular complexity index is 759. The van der Waals surface area contributed by atoms with Gasteiger partial charge in [0.2, 0.25) is 23.6 Å². The molecule has 0 aliphatic carbocycles. The van der Waals surface area contributed by atoms with Gasteiger partial charge in [0, 0.05) is 19.0 Å². The van der Waals surface area contributed by atoms with E-state index in [0.717, 1.165) is 38.5 Å². The van der Waals surface area contributed by atoms with Crippen LogP contribution >= 0.6 is 0 Å². The van der Waals surface area contributed by atoms with Crippen LogP contribution in [0.15, 0.2) is 0 Å². The van der Waals surface area contributed by atoms with Crippen molar-refractivity contribution in [1.82, 2.24) is 26.6 Å². The standard InChI is InChI=1S/C25H47N7O4/c1-5-18-21(34)28-15-11-9-7-6-8-10-14-25(4,32-20(33)17(2)3)23(36)31-19(22(35)30-18)13-12-16-29-24(26)27/h17-19H,5-16H2,1-4H3,(H,28,34)(H,30,35)(H,31,36)(H,32,33)(H4,26,27,29)/t18-,19-,25-/m0/s1. The van der Waals surface area contributed by atoms with Crippen LogP contribution in [-0.2, 0) is 19.2 Å². The monoisotopic (exact) mass is 509 g/mol. The van der Waals surface area contributed by atoms with E-state index in [9.17, 15) is 19.2 Å². The zero-order chi connectivity index (χ0) is 27.1. The number of nitrogens with one attached hydrogen (secondary N) is 6. The second kappa shape index (κ2) is 16.0. The number of hydrogen-bond acceptors (Lipinski definition) is 5. The number of nitrogens with two attached hydrogens (primary N) is 1. The molecule has 1 fully saturated rings. The summed E-state index contributed by atoms with van der Waals surface area (Å²) in [7, 11) is 0. The van der Waals surface area contributed by atoms with Crippen LogP contribution in [0.2, 0.25) is 0 Å². The summed E-state index contributed by atoms with van der Waals surface area (Å²) in [6, 6.07) is -1.63. The van der Waals surface area contributed by atoms with E-state index in [1.54, 1.807) is 20.8 Å². The van der Waals surface area contributed by atoms with Crippen molar-refractivity contribution in [2.24, 2.45) is 11.7 Å². The molecule has 11 nitrogen and oxygen atoms in total. The van der Waals surface area contributed by atoms with Crippen molar-refractivity contribution in [3.63, 3.8) is 0 Å². The lowest BCUT2D eigenvalue weighted by molar-refractivity contribution is -0.137. The fourth-order valence-electron chi connectivity index (χ4n) is 4.04. The van der Waals surface area contributed by atoms with E-state index in [1.165, 1.54) is 0 Å². The van der Waals surface area contributed by atoms with Gasteiger partial charge in [0.1, 0.15) is 17.6 Å². The Morgan fingerprint density at radius 2 is 1.69 bits per heavy atom. The maximum absolute atomic E-state index is 13.5. The Kier molecular flexibility index (Phi) is 13.9. The molecule has 1 saturated heterocycles. The van der Waals surface area contributed by atoms with Gasteiger partial charge in [-0.3, -0.25) is 24.6 Å². The normalized spacial score (nSPS) is 25.2. The highest BCUT2D eigenvalue weighted by Crippen LogP contribution is 2.19. The van der Waals surface area contributed by atoms with Crippen molar-refractivity contribution in [1.29, 1.82) is 5.41 Å². The van der Waals surface area contributed by atoms with Crippen molar-refractivity contribution < 1.29 is 19.2 Å². The van der Waals surface area contributed by atoms with Crippen molar-refractivity contribution in [3.8, 4) is 0 Å². The number of amides is 4. The van der Waals surface area contributed by atoms with Gasteiger partial charge in [0.15, 0.2) is 5.96 Å². The highest BCUT2D eigenvalue weighted by Gasteiger charge is 2.37. The average Bonchev–Trinajstić information content (AvgIpc) is 2.81. The minimum absolute atomic E-state index is 0.177. The van der Waals surface area contributed by atoms with E-state index in [0.29, 0.717) is 32.4 Å². The summed E-state index contributed by atoms with van der Waals surface area (Å²) < 4.78 is 0. The second-order valence-electron chi connectivity index (χ2n) is 10.1. The third-order valence-electron chi connectivity index (χ3n) is 6.48. The van der Waals surface area contributed by atoms with Gasteiger partial charge in [-0.15, -0.1) is 0 Å². The van der Waals surface area contributed by atoms with Gasteiger partial charge in [-0.25, -0.2) is 0 Å². The molecule has 4 amide bonds. The molecule has 0 bridgehead atoms. The van der Waals surface area contributed by atoms with E-state index in [-0.39, 0.29) is 30.1 Å². The van der Waals surface area contributed by atoms with E-state index in [4.69, 9.17) is 11.1 Å². The number of guanidine groups is 1. The number of carbonyl (C=O) groups excluding carboxylic acids is 4. The summed E-state index contributed by atoms with van der Waals surface area (Å²) in [5.74, 6) is -1.84. The van der Waals surface area contributed by atoms with Crippen LogP contribution in [0.4, 0.5) is 0 Å². The summed E-state index contributed by atoms with van der Waals surface area (Å²) >= 11 is 0. The lowest BCUT2D eigenvalue weighted by atomic mass is 9.91. The molecule has 0 radical (unpaired) electrons. The zero-order valence-corrected chi connectivity index (χ0v) is 22.4. The Morgan fingerprint density at radius 3 is 2.31 bits per heavy atom. The van der Waals surface area contributed by atoms with Gasteiger partial charge in [-0.2, -0.15) is 0 Å². The minimum Gasteiger partial charge on any atom is -0.370 e. The molecule has 1 aliphatic rings. The molecule has 0 unspecified atom stereocenters. The van der Waals surface area contributed by atoms with E-state index < -0.39 is 29.4 Å². The Hall–Kier alpha value is -2.85. The Labute approximate surface area is 215 Å². The maximum atomic E-state index is 13.5. The third-order valence-corrected chi connectivity index (χ3v) is 6.48. The molecule has 3 atom stereocenters. The molecule has 0 aromatic rings. The predicted octanol–water partition coefficient (Wildman–Crippen LogP) is 1.02. The van der Waals surface area contributed by atoms with Crippen LogP contribution in [0.1, 0.15) is 91.9 Å². The molecule has 0 aromatic heterocycles. The molecule has 8 N–H and O–H groups in total. The third kappa shape index (κ3) is 11.3. The first-order valence-electron chi connectivity index (χ1n) is 13.3. The van der Waals surface area contributed by atoms with Crippen molar-refractivity contribution in [3.05, 3.63) is 0 Å². The quantitative estimate of drug-likeness (QED) is 0.153. The summed E-state index contributed by atoms with van der Waals surface area (Å²) in [4.78, 5) is 51.9. The first-order chi connectivity index (χ1) is 17.0. The van der Waals surface area contributed by atoms with Gasteiger partial charge in [0.25, 0.3) is 0 Å². The smallest absolute Gasteiger partial charge is 0.246 e. The van der Waals surface area contributed by atoms with E-state index in [2.05, 4.69) is 26.6 Å². The first kappa shape index (κ1) is 31.2. The first-order valence-corrected chi connectivity index (χ1v) is 13.3. The summed E-state index contributed by atoms with van der Waals surface area (Å²) in [6.07, 6.45) is 7.16. The SMILES string of the molecule is CC[C@@H]1NC(=O)[C@H](CCCNC(=N)N)NC(=O)[C@@](C)(NC(=O)C(C)C)CCCCCCCCNC1=O. The van der Waals surface area contributed by atoms with E-state index in [1.807, 2.05) is 6.92 Å². The van der Waals surface area contributed by atoms with E-state index >= 15 is 0 Å². The van der Waals surface area contributed by atoms with Gasteiger partial charge < -0.3 is 32.3 Å². The van der Waals surface area contributed by atoms with Crippen LogP contribution in [0.5, 0.6) is 0 Å². The van der Waals surface area contributed by atoms with Gasteiger partial charge in [-0.1, -0.05) is 52.9 Å². The van der Waals surface area contributed by atoms with Crippen LogP contribution in [0.25, 0.3) is 0 Å². The van der Waals surface area contributed by atoms with Gasteiger partial charge in [-0.05, 0) is 39.0 Å². The molecule has 0 aromatic carbocycles. The topological polar surface area (TPSA) is 178 Å². The molecular formula is C25H47N7O4. The molecule has 1 heterocycles. The lowest BCUT2D eigenvalue weighted by Crippen LogP contribution is -2.61. The highest BCUT2D eigenvalue weighted by atomic mass is 16.2. The molecule has 1 aliphatic heterocycles. The fourth-order valence-corrected chi connectivity index (χ4v) is 4.04. The summed E-state index contributed by atoms with van der Waals surface area (Å²) in [5.41, 5.74) is 4.16. The number of hydrogen-bond donors (Lipinski definition) is 7. The van der Waals surface area contributed by atoms with Crippen LogP contribution in [-0.4, -0.2) is 60.3 Å². The van der Waals surface area contributed by atoms with Crippen molar-refractivity contribution in [2.45, 2.75) is 110 Å². The molecule has 0 saturated carbocycles. The number of rotatable bonds is 7. The Balaban J connectivity index is 3.16. The molecule has 1 rings (SSSR count). The maximum Gasteiger partial charge on any atom is 0.246 e. The molecule has 0 spiro atoms. The van der Waals surface area contributed by atoms with Crippen molar-refractivity contribution >= 4 is 29.6 Å². The minimum atomic E-state index is -1.17. The lowest BCUT2D eigenvalue weighted by Gasteiger charge is -2.32. The summed E-state index contributed by atoms with van der Waals surface area (Å²) in [5, 5.41) is 21.4. The van der Waals surface area contributed by atoms with Gasteiger partial charge >= 0.3 is 0 Å². The molecule has 11 heteroatoms. The largest absolute Gasteiger partial charge is 0.370 e. The average molecular weight is 510 g/mol. The zero-order valence-electron chi connectivity index (χ0n) is 22.4. The van der Waals surface area contributed by atoms with Crippen LogP contribution in [0, 0.1) is 11.3 Å². The fraction of sp³-hybridized carbons (Fsp3) is 0.800. The highest BCUT2D eigenvalue weighted by molar-refractivity contribution is 5.96. The number of carbonyl (C=O) groups is 4. The molecule has 36 heavy (non-hydrogen) atoms. The van der Waals surface area contributed by atoms with Gasteiger partial charge in [0.05, 0.1) is 0 Å². The molecular weight excluding hydrogens is 462 g/mol. The van der Waals surface area contributed by atoms with Crippen LogP contribution < -0.4 is 32.3 Å². The van der Waals surface area contributed by atoms with Crippen molar-refractivity contribution in [2.75, 3.05) is 13.1 Å². The van der Waals surface area contributed by atoms with Crippen LogP contribution in [0.3, 0.4) is 0 Å². The Morgan fingerprint density at radius 1 is 1.06 bits per heavy atom.